The highest BCUT2D eigenvalue weighted by atomic mass is 19.1. The number of nitrogen functional groups attached to an aromatic ring is 2. The molecule has 4 heteroatoms. The predicted molar refractivity (Wildman–Crippen MR) is 129 cm³/mol. The summed E-state index contributed by atoms with van der Waals surface area (Å²) in [4.78, 5) is 0. The van der Waals surface area contributed by atoms with E-state index in [2.05, 4.69) is 0 Å². The highest BCUT2D eigenvalue weighted by Gasteiger charge is 2.19. The molecule has 0 saturated heterocycles. The largest absolute Gasteiger partial charge is 0.398 e. The van der Waals surface area contributed by atoms with E-state index in [0.29, 0.717) is 16.9 Å². The molecule has 0 atom stereocenters. The maximum atomic E-state index is 13.6. The van der Waals surface area contributed by atoms with E-state index in [9.17, 15) is 8.78 Å². The summed E-state index contributed by atoms with van der Waals surface area (Å²) >= 11 is 0. The molecule has 2 nitrogen and oxygen atoms in total. The molecular formula is C28H20F2N2. The van der Waals surface area contributed by atoms with Crippen LogP contribution < -0.4 is 11.5 Å². The summed E-state index contributed by atoms with van der Waals surface area (Å²) in [6.07, 6.45) is 0. The van der Waals surface area contributed by atoms with Crippen molar-refractivity contribution in [1.82, 2.24) is 0 Å². The monoisotopic (exact) mass is 422 g/mol. The number of anilines is 2. The molecule has 32 heavy (non-hydrogen) atoms. The lowest BCUT2D eigenvalue weighted by Gasteiger charge is -2.20. The SMILES string of the molecule is Nc1c(-c2ccc(F)cc2)cc(-c2ccc(F)cc2)c(N)c1-c1cccc2ccccc12. The summed E-state index contributed by atoms with van der Waals surface area (Å²) in [5.74, 6) is -0.647. The minimum Gasteiger partial charge on any atom is -0.398 e. The summed E-state index contributed by atoms with van der Waals surface area (Å²) < 4.78 is 27.2. The third-order valence-electron chi connectivity index (χ3n) is 5.78. The van der Waals surface area contributed by atoms with Gasteiger partial charge in [-0.25, -0.2) is 8.78 Å². The lowest BCUT2D eigenvalue weighted by atomic mass is 9.87. The van der Waals surface area contributed by atoms with Crippen LogP contribution in [0.15, 0.2) is 97.1 Å². The predicted octanol–water partition coefficient (Wildman–Crippen LogP) is 7.28. The molecule has 156 valence electrons. The molecule has 0 aliphatic rings. The normalized spacial score (nSPS) is 11.1. The van der Waals surface area contributed by atoms with Crippen molar-refractivity contribution in [3.8, 4) is 33.4 Å². The van der Waals surface area contributed by atoms with Crippen LogP contribution in [0.25, 0.3) is 44.2 Å². The van der Waals surface area contributed by atoms with Crippen LogP contribution in [0.3, 0.4) is 0 Å². The Morgan fingerprint density at radius 2 is 1.00 bits per heavy atom. The molecular weight excluding hydrogens is 402 g/mol. The van der Waals surface area contributed by atoms with Gasteiger partial charge in [0.1, 0.15) is 11.6 Å². The van der Waals surface area contributed by atoms with Gasteiger partial charge in [0.25, 0.3) is 0 Å². The molecule has 0 radical (unpaired) electrons. The average Bonchev–Trinajstić information content (AvgIpc) is 2.81. The van der Waals surface area contributed by atoms with E-state index < -0.39 is 0 Å². The van der Waals surface area contributed by atoms with Gasteiger partial charge in [-0.05, 0) is 57.8 Å². The Morgan fingerprint density at radius 3 is 1.56 bits per heavy atom. The molecule has 5 rings (SSSR count). The third-order valence-corrected chi connectivity index (χ3v) is 5.78. The van der Waals surface area contributed by atoms with Crippen molar-refractivity contribution in [2.75, 3.05) is 11.5 Å². The highest BCUT2D eigenvalue weighted by molar-refractivity contribution is 6.08. The number of benzene rings is 5. The lowest BCUT2D eigenvalue weighted by molar-refractivity contribution is 0.627. The van der Waals surface area contributed by atoms with Crippen LogP contribution >= 0.6 is 0 Å². The van der Waals surface area contributed by atoms with Crippen molar-refractivity contribution >= 4 is 22.1 Å². The van der Waals surface area contributed by atoms with E-state index in [1.54, 1.807) is 24.3 Å². The molecule has 0 spiro atoms. The Hall–Kier alpha value is -4.18. The molecule has 0 aliphatic carbocycles. The van der Waals surface area contributed by atoms with Crippen molar-refractivity contribution in [2.24, 2.45) is 0 Å². The molecule has 5 aromatic carbocycles. The summed E-state index contributed by atoms with van der Waals surface area (Å²) in [5, 5.41) is 2.09. The van der Waals surface area contributed by atoms with E-state index in [1.165, 1.54) is 24.3 Å². The first-order valence-corrected chi connectivity index (χ1v) is 10.2. The fourth-order valence-corrected chi connectivity index (χ4v) is 4.18. The van der Waals surface area contributed by atoms with Crippen molar-refractivity contribution < 1.29 is 8.78 Å². The van der Waals surface area contributed by atoms with Crippen LogP contribution in [0.5, 0.6) is 0 Å². The molecule has 0 aromatic heterocycles. The number of rotatable bonds is 3. The van der Waals surface area contributed by atoms with Crippen molar-refractivity contribution in [3.63, 3.8) is 0 Å². The Kier molecular flexibility index (Phi) is 4.83. The van der Waals surface area contributed by atoms with Crippen LogP contribution in [0.1, 0.15) is 0 Å². The fraction of sp³-hybridized carbons (Fsp3) is 0. The molecule has 0 fully saturated rings. The molecule has 5 aromatic rings. The molecule has 0 amide bonds. The maximum absolute atomic E-state index is 13.6. The number of fused-ring (bicyclic) bond motifs is 1. The molecule has 0 bridgehead atoms. The van der Waals surface area contributed by atoms with E-state index in [-0.39, 0.29) is 11.6 Å². The molecule has 0 aliphatic heterocycles. The number of halogens is 2. The second kappa shape index (κ2) is 7.82. The zero-order valence-corrected chi connectivity index (χ0v) is 17.1. The maximum Gasteiger partial charge on any atom is 0.123 e. The molecule has 0 unspecified atom stereocenters. The smallest absolute Gasteiger partial charge is 0.123 e. The van der Waals surface area contributed by atoms with Gasteiger partial charge in [-0.3, -0.25) is 0 Å². The highest BCUT2D eigenvalue weighted by Crippen LogP contribution is 2.46. The molecule has 0 heterocycles. The minimum atomic E-state index is -0.323. The topological polar surface area (TPSA) is 52.0 Å². The first-order chi connectivity index (χ1) is 15.5. The zero-order valence-electron chi connectivity index (χ0n) is 17.1. The zero-order chi connectivity index (χ0) is 22.2. The summed E-state index contributed by atoms with van der Waals surface area (Å²) in [6, 6.07) is 28.3. The van der Waals surface area contributed by atoms with Crippen molar-refractivity contribution in [2.45, 2.75) is 0 Å². The minimum absolute atomic E-state index is 0.323. The Morgan fingerprint density at radius 1 is 0.500 bits per heavy atom. The van der Waals surface area contributed by atoms with Gasteiger partial charge >= 0.3 is 0 Å². The number of hydrogen-bond donors (Lipinski definition) is 2. The van der Waals surface area contributed by atoms with Crippen LogP contribution in [0.2, 0.25) is 0 Å². The van der Waals surface area contributed by atoms with Crippen LogP contribution in [-0.2, 0) is 0 Å². The Labute approximate surface area is 184 Å². The van der Waals surface area contributed by atoms with Gasteiger partial charge in [-0.15, -0.1) is 0 Å². The first-order valence-electron chi connectivity index (χ1n) is 10.2. The van der Waals surface area contributed by atoms with Gasteiger partial charge in [-0.2, -0.15) is 0 Å². The van der Waals surface area contributed by atoms with E-state index in [1.807, 2.05) is 48.5 Å². The van der Waals surface area contributed by atoms with Gasteiger partial charge in [-0.1, -0.05) is 66.7 Å². The molecule has 0 saturated carbocycles. The van der Waals surface area contributed by atoms with Gasteiger partial charge in [0.2, 0.25) is 0 Å². The Bertz CT molecular complexity index is 1360. The molecule has 4 N–H and O–H groups in total. The van der Waals surface area contributed by atoms with Gasteiger partial charge in [0.15, 0.2) is 0 Å². The van der Waals surface area contributed by atoms with E-state index in [4.69, 9.17) is 11.5 Å². The van der Waals surface area contributed by atoms with Crippen LogP contribution in [0, 0.1) is 11.6 Å². The summed E-state index contributed by atoms with van der Waals surface area (Å²) in [5.41, 5.74) is 19.1. The van der Waals surface area contributed by atoms with Gasteiger partial charge in [0, 0.05) is 28.1 Å². The quantitative estimate of drug-likeness (QED) is 0.300. The van der Waals surface area contributed by atoms with E-state index >= 15 is 0 Å². The third kappa shape index (κ3) is 3.36. The van der Waals surface area contributed by atoms with E-state index in [0.717, 1.165) is 38.6 Å². The fourth-order valence-electron chi connectivity index (χ4n) is 4.18. The first kappa shape index (κ1) is 19.8. The second-order valence-electron chi connectivity index (χ2n) is 7.71. The number of nitrogens with two attached hydrogens (primary N) is 2. The van der Waals surface area contributed by atoms with Crippen LogP contribution in [0.4, 0.5) is 20.2 Å². The van der Waals surface area contributed by atoms with Crippen LogP contribution in [-0.4, -0.2) is 0 Å². The average molecular weight is 422 g/mol. The lowest BCUT2D eigenvalue weighted by Crippen LogP contribution is -2.02. The van der Waals surface area contributed by atoms with Crippen molar-refractivity contribution in [3.05, 3.63) is 109 Å². The standard InChI is InChI=1S/C28H20F2N2/c29-20-12-8-18(9-13-20)24-16-25(19-10-14-21(30)15-11-19)28(32)26(27(24)31)23-7-3-5-17-4-1-2-6-22(17)23/h1-16H,31-32H2. The summed E-state index contributed by atoms with van der Waals surface area (Å²) in [6.45, 7) is 0. The number of hydrogen-bond acceptors (Lipinski definition) is 2. The van der Waals surface area contributed by atoms with Crippen molar-refractivity contribution in [1.29, 1.82) is 0 Å². The summed E-state index contributed by atoms with van der Waals surface area (Å²) in [7, 11) is 0. The van der Waals surface area contributed by atoms with Gasteiger partial charge in [0.05, 0.1) is 0 Å². The Balaban J connectivity index is 1.86. The second-order valence-corrected chi connectivity index (χ2v) is 7.71. The van der Waals surface area contributed by atoms with Gasteiger partial charge < -0.3 is 11.5 Å².